The Bertz CT molecular complexity index is 907. The highest BCUT2D eigenvalue weighted by Crippen LogP contribution is 2.39. The fraction of sp³-hybridized carbons (Fsp3) is 0.333. The molecule has 0 atom stereocenters. The van der Waals surface area contributed by atoms with E-state index in [0.29, 0.717) is 24.2 Å². The Balaban J connectivity index is 1.68. The van der Waals surface area contributed by atoms with Gasteiger partial charge in [0.2, 0.25) is 0 Å². The van der Waals surface area contributed by atoms with Crippen LogP contribution in [0.15, 0.2) is 42.5 Å². The van der Waals surface area contributed by atoms with Gasteiger partial charge >= 0.3 is 0 Å². The van der Waals surface area contributed by atoms with E-state index in [-0.39, 0.29) is 0 Å². The average Bonchev–Trinajstić information content (AvgIpc) is 3.46. The van der Waals surface area contributed by atoms with Crippen LogP contribution in [0.4, 0.5) is 5.82 Å². The molecule has 0 bridgehead atoms. The molecule has 1 aliphatic carbocycles. The van der Waals surface area contributed by atoms with E-state index in [1.165, 1.54) is 0 Å². The zero-order valence-electron chi connectivity index (χ0n) is 15.6. The minimum atomic E-state index is 0.443. The van der Waals surface area contributed by atoms with E-state index in [4.69, 9.17) is 16.6 Å². The minimum absolute atomic E-state index is 0.443. The number of aryl methyl sites for hydroxylation is 2. The van der Waals surface area contributed by atoms with Crippen LogP contribution in [0.1, 0.15) is 47.4 Å². The molecule has 3 heterocycles. The Hall–Kier alpha value is -2.53. The quantitative estimate of drug-likeness (QED) is 0.585. The second kappa shape index (κ2) is 7.61. The maximum Gasteiger partial charge on any atom is 0.135 e. The molecule has 6 heteroatoms. The number of rotatable bonds is 6. The van der Waals surface area contributed by atoms with Gasteiger partial charge in [-0.15, -0.1) is 0 Å². The number of hydrogen-bond donors (Lipinski definition) is 0. The summed E-state index contributed by atoms with van der Waals surface area (Å²) < 4.78 is 0. The van der Waals surface area contributed by atoms with Crippen LogP contribution in [-0.4, -0.2) is 19.9 Å². The highest BCUT2D eigenvalue weighted by atomic mass is 35.5. The van der Waals surface area contributed by atoms with Crippen molar-refractivity contribution in [2.45, 2.75) is 45.7 Å². The molecule has 1 saturated carbocycles. The zero-order chi connectivity index (χ0) is 18.8. The average molecular weight is 380 g/mol. The number of halogens is 1. The van der Waals surface area contributed by atoms with Crippen molar-refractivity contribution < 1.29 is 0 Å². The first-order chi connectivity index (χ1) is 13.1. The molecule has 5 nitrogen and oxygen atoms in total. The lowest BCUT2D eigenvalue weighted by molar-refractivity contribution is 0.738. The summed E-state index contributed by atoms with van der Waals surface area (Å²) in [5.74, 6) is 2.11. The minimum Gasteiger partial charge on any atom is -0.345 e. The van der Waals surface area contributed by atoms with Crippen molar-refractivity contribution in [1.29, 1.82) is 0 Å². The van der Waals surface area contributed by atoms with Crippen LogP contribution < -0.4 is 4.90 Å². The van der Waals surface area contributed by atoms with Crippen LogP contribution in [0.5, 0.6) is 0 Å². The van der Waals surface area contributed by atoms with E-state index in [0.717, 1.165) is 47.3 Å². The Morgan fingerprint density at radius 3 is 2.00 bits per heavy atom. The molecular weight excluding hydrogens is 358 g/mol. The molecule has 1 aliphatic rings. The zero-order valence-corrected chi connectivity index (χ0v) is 16.3. The Labute approximate surface area is 164 Å². The largest absolute Gasteiger partial charge is 0.345 e. The third kappa shape index (κ3) is 4.61. The second-order valence-electron chi connectivity index (χ2n) is 7.08. The number of nitrogens with zero attached hydrogens (tertiary/aromatic N) is 5. The van der Waals surface area contributed by atoms with Gasteiger partial charge in [0.05, 0.1) is 24.5 Å². The van der Waals surface area contributed by atoms with Gasteiger partial charge in [-0.25, -0.2) is 9.97 Å². The molecule has 4 rings (SSSR count). The maximum absolute atomic E-state index is 6.31. The molecule has 0 aliphatic heterocycles. The van der Waals surface area contributed by atoms with Crippen LogP contribution >= 0.6 is 11.6 Å². The summed E-state index contributed by atoms with van der Waals surface area (Å²) in [7, 11) is 0. The molecule has 0 amide bonds. The van der Waals surface area contributed by atoms with Crippen molar-refractivity contribution in [3.63, 3.8) is 0 Å². The molecule has 0 spiro atoms. The third-order valence-electron chi connectivity index (χ3n) is 4.56. The van der Waals surface area contributed by atoms with E-state index < -0.39 is 0 Å². The second-order valence-corrected chi connectivity index (χ2v) is 7.47. The van der Waals surface area contributed by atoms with Gasteiger partial charge in [-0.3, -0.25) is 9.97 Å². The maximum atomic E-state index is 6.31. The summed E-state index contributed by atoms with van der Waals surface area (Å²) >= 11 is 6.31. The van der Waals surface area contributed by atoms with Gasteiger partial charge < -0.3 is 4.90 Å². The lowest BCUT2D eigenvalue weighted by atomic mass is 10.2. The fourth-order valence-electron chi connectivity index (χ4n) is 3.09. The van der Waals surface area contributed by atoms with Crippen molar-refractivity contribution >= 4 is 17.4 Å². The first kappa shape index (κ1) is 17.9. The van der Waals surface area contributed by atoms with E-state index >= 15 is 0 Å². The smallest absolute Gasteiger partial charge is 0.135 e. The van der Waals surface area contributed by atoms with Crippen molar-refractivity contribution in [2.75, 3.05) is 4.90 Å². The number of anilines is 1. The van der Waals surface area contributed by atoms with Gasteiger partial charge in [0.1, 0.15) is 16.8 Å². The SMILES string of the molecule is Cc1cccc(CN(Cc2cccc(C)n2)c2cc(Cl)nc(C3CC3)n2)n1. The van der Waals surface area contributed by atoms with Crippen molar-refractivity contribution in [3.05, 3.63) is 76.2 Å². The van der Waals surface area contributed by atoms with Gasteiger partial charge in [0.15, 0.2) is 0 Å². The normalized spacial score (nSPS) is 13.6. The molecule has 1 fully saturated rings. The van der Waals surface area contributed by atoms with Gasteiger partial charge in [-0.2, -0.15) is 0 Å². The standard InChI is InChI=1S/C21H22ClN5/c1-14-5-3-7-17(23-14)12-27(13-18-8-4-6-15(2)24-18)20-11-19(22)25-21(26-20)16-9-10-16/h3-8,11,16H,9-10,12-13H2,1-2H3. The molecule has 0 saturated heterocycles. The first-order valence-electron chi connectivity index (χ1n) is 9.21. The van der Waals surface area contributed by atoms with Gasteiger partial charge in [-0.1, -0.05) is 23.7 Å². The van der Waals surface area contributed by atoms with Crippen molar-refractivity contribution in [1.82, 2.24) is 19.9 Å². The summed E-state index contributed by atoms with van der Waals surface area (Å²) in [4.78, 5) is 20.7. The number of aromatic nitrogens is 4. The summed E-state index contributed by atoms with van der Waals surface area (Å²) in [6.45, 7) is 5.27. The summed E-state index contributed by atoms with van der Waals surface area (Å²) in [6, 6.07) is 14.0. The Morgan fingerprint density at radius 2 is 1.48 bits per heavy atom. The summed E-state index contributed by atoms with van der Waals surface area (Å²) in [5.41, 5.74) is 3.98. The number of pyridine rings is 2. The monoisotopic (exact) mass is 379 g/mol. The molecule has 3 aromatic heterocycles. The summed E-state index contributed by atoms with van der Waals surface area (Å²) in [6.07, 6.45) is 2.28. The molecular formula is C21H22ClN5. The molecule has 0 radical (unpaired) electrons. The van der Waals surface area contributed by atoms with Crippen molar-refractivity contribution in [2.24, 2.45) is 0 Å². The molecule has 0 aromatic carbocycles. The third-order valence-corrected chi connectivity index (χ3v) is 4.76. The van der Waals surface area contributed by atoms with Crippen LogP contribution in [0.3, 0.4) is 0 Å². The highest BCUT2D eigenvalue weighted by molar-refractivity contribution is 6.29. The van der Waals surface area contributed by atoms with E-state index in [1.807, 2.05) is 56.3 Å². The molecule has 0 unspecified atom stereocenters. The predicted octanol–water partition coefficient (Wildman–Crippen LogP) is 4.62. The van der Waals surface area contributed by atoms with Gasteiger partial charge in [0.25, 0.3) is 0 Å². The molecule has 3 aromatic rings. The summed E-state index contributed by atoms with van der Waals surface area (Å²) in [5, 5.41) is 0.487. The van der Waals surface area contributed by atoms with Gasteiger partial charge in [0, 0.05) is 23.4 Å². The van der Waals surface area contributed by atoms with Crippen LogP contribution in [0.25, 0.3) is 0 Å². The molecule has 138 valence electrons. The first-order valence-corrected chi connectivity index (χ1v) is 9.59. The van der Waals surface area contributed by atoms with E-state index in [9.17, 15) is 0 Å². The predicted molar refractivity (Wildman–Crippen MR) is 107 cm³/mol. The van der Waals surface area contributed by atoms with E-state index in [1.54, 1.807) is 0 Å². The molecule has 27 heavy (non-hydrogen) atoms. The van der Waals surface area contributed by atoms with Crippen LogP contribution in [-0.2, 0) is 13.1 Å². The number of hydrogen-bond acceptors (Lipinski definition) is 5. The topological polar surface area (TPSA) is 54.8 Å². The lowest BCUT2D eigenvalue weighted by Crippen LogP contribution is -2.25. The van der Waals surface area contributed by atoms with Crippen LogP contribution in [0.2, 0.25) is 5.15 Å². The van der Waals surface area contributed by atoms with Gasteiger partial charge in [-0.05, 0) is 51.0 Å². The lowest BCUT2D eigenvalue weighted by Gasteiger charge is -2.24. The fourth-order valence-corrected chi connectivity index (χ4v) is 3.28. The highest BCUT2D eigenvalue weighted by Gasteiger charge is 2.28. The van der Waals surface area contributed by atoms with Crippen LogP contribution in [0, 0.1) is 13.8 Å². The van der Waals surface area contributed by atoms with Crippen molar-refractivity contribution in [3.8, 4) is 0 Å². The Morgan fingerprint density at radius 1 is 0.889 bits per heavy atom. The van der Waals surface area contributed by atoms with E-state index in [2.05, 4.69) is 19.9 Å². The molecule has 0 N–H and O–H groups in total. The Kier molecular flexibility index (Phi) is 5.03.